The van der Waals surface area contributed by atoms with Crippen molar-refractivity contribution in [2.75, 3.05) is 7.11 Å². The van der Waals surface area contributed by atoms with Gasteiger partial charge >= 0.3 is 0 Å². The zero-order chi connectivity index (χ0) is 7.56. The van der Waals surface area contributed by atoms with Crippen LogP contribution in [0.15, 0.2) is 4.73 Å². The fourth-order valence-electron chi connectivity index (χ4n) is 0.634. The lowest BCUT2D eigenvalue weighted by molar-refractivity contribution is 0.118. The summed E-state index contributed by atoms with van der Waals surface area (Å²) in [7, 11) is 1.61. The molecule has 0 aliphatic carbocycles. The number of methoxy groups -OCH3 is 1. The van der Waals surface area contributed by atoms with Gasteiger partial charge in [0.2, 0.25) is 0 Å². The van der Waals surface area contributed by atoms with E-state index in [4.69, 9.17) is 4.74 Å². The van der Waals surface area contributed by atoms with Crippen molar-refractivity contribution in [1.82, 2.24) is 14.8 Å². The van der Waals surface area contributed by atoms with Crippen LogP contribution in [-0.4, -0.2) is 21.9 Å². The second kappa shape index (κ2) is 3.12. The van der Waals surface area contributed by atoms with Gasteiger partial charge in [-0.05, 0) is 22.9 Å². The number of rotatable bonds is 2. The van der Waals surface area contributed by atoms with Crippen LogP contribution in [0.5, 0.6) is 0 Å². The minimum Gasteiger partial charge on any atom is -0.362 e. The van der Waals surface area contributed by atoms with Crippen molar-refractivity contribution in [3.63, 3.8) is 0 Å². The fraction of sp³-hybridized carbons (Fsp3) is 0.600. The molecule has 0 aromatic carbocycles. The first kappa shape index (κ1) is 7.68. The molecule has 10 heavy (non-hydrogen) atoms. The Hall–Kier alpha value is -0.420. The number of nitrogens with zero attached hydrogens (tertiary/aromatic N) is 3. The highest BCUT2D eigenvalue weighted by molar-refractivity contribution is 9.10. The van der Waals surface area contributed by atoms with Crippen LogP contribution in [0.4, 0.5) is 0 Å². The Morgan fingerprint density at radius 1 is 1.70 bits per heavy atom. The van der Waals surface area contributed by atoms with E-state index < -0.39 is 0 Å². The molecule has 0 unspecified atom stereocenters. The van der Waals surface area contributed by atoms with Gasteiger partial charge in [-0.25, -0.2) is 9.67 Å². The number of hydrogen-bond acceptors (Lipinski definition) is 3. The van der Waals surface area contributed by atoms with E-state index in [-0.39, 0.29) is 0 Å². The topological polar surface area (TPSA) is 39.9 Å². The second-order valence-corrected chi connectivity index (χ2v) is 2.55. The molecule has 0 aliphatic rings. The molecule has 0 radical (unpaired) electrons. The molecule has 5 heteroatoms. The number of aromatic nitrogens is 3. The summed E-state index contributed by atoms with van der Waals surface area (Å²) in [6.07, 6.45) is 0. The molecule has 1 heterocycles. The molecule has 0 spiro atoms. The summed E-state index contributed by atoms with van der Waals surface area (Å²) < 4.78 is 7.19. The summed E-state index contributed by atoms with van der Waals surface area (Å²) in [6.45, 7) is 2.26. The number of hydrogen-bond donors (Lipinski definition) is 0. The lowest BCUT2D eigenvalue weighted by Crippen LogP contribution is -2.01. The van der Waals surface area contributed by atoms with Crippen LogP contribution in [-0.2, 0) is 11.5 Å². The Morgan fingerprint density at radius 2 is 2.40 bits per heavy atom. The van der Waals surface area contributed by atoms with E-state index >= 15 is 0 Å². The van der Waals surface area contributed by atoms with Gasteiger partial charge in [0, 0.05) is 7.11 Å². The monoisotopic (exact) mass is 205 g/mol. The van der Waals surface area contributed by atoms with Gasteiger partial charge in [0.05, 0.1) is 0 Å². The summed E-state index contributed by atoms with van der Waals surface area (Å²) in [5, 5.41) is 4.03. The average Bonchev–Trinajstić information content (AvgIpc) is 2.13. The second-order valence-electron chi connectivity index (χ2n) is 1.85. The average molecular weight is 206 g/mol. The molecule has 56 valence electrons. The third-order valence-electron chi connectivity index (χ3n) is 0.984. The van der Waals surface area contributed by atoms with Gasteiger partial charge in [-0.1, -0.05) is 0 Å². The molecule has 0 atom stereocenters. The van der Waals surface area contributed by atoms with Crippen molar-refractivity contribution in [1.29, 1.82) is 0 Å². The third kappa shape index (κ3) is 1.54. The molecule has 4 nitrogen and oxygen atoms in total. The molecular weight excluding hydrogens is 198 g/mol. The van der Waals surface area contributed by atoms with Crippen LogP contribution >= 0.6 is 15.9 Å². The van der Waals surface area contributed by atoms with Crippen molar-refractivity contribution in [2.24, 2.45) is 0 Å². The number of ether oxygens (including phenoxy) is 1. The molecular formula is C5H8BrN3O. The molecule has 1 rings (SSSR count). The Morgan fingerprint density at radius 3 is 2.80 bits per heavy atom. The lowest BCUT2D eigenvalue weighted by Gasteiger charge is -1.96. The van der Waals surface area contributed by atoms with Crippen molar-refractivity contribution in [2.45, 2.75) is 13.7 Å². The Kier molecular flexibility index (Phi) is 2.39. The third-order valence-corrected chi connectivity index (χ3v) is 1.57. The van der Waals surface area contributed by atoms with E-state index in [2.05, 4.69) is 26.0 Å². The predicted molar refractivity (Wildman–Crippen MR) is 39.5 cm³/mol. The molecule has 0 fully saturated rings. The van der Waals surface area contributed by atoms with E-state index in [1.807, 2.05) is 6.92 Å². The largest absolute Gasteiger partial charge is 0.362 e. The maximum Gasteiger partial charge on any atom is 0.197 e. The summed E-state index contributed by atoms with van der Waals surface area (Å²) in [5.74, 6) is 0.740. The van der Waals surface area contributed by atoms with Gasteiger partial charge < -0.3 is 4.74 Å². The highest BCUT2D eigenvalue weighted by atomic mass is 79.9. The normalized spacial score (nSPS) is 10.3. The van der Waals surface area contributed by atoms with Gasteiger partial charge in [-0.15, -0.1) is 0 Å². The fourth-order valence-corrected chi connectivity index (χ4v) is 1.07. The summed E-state index contributed by atoms with van der Waals surface area (Å²) in [5.41, 5.74) is 0. The molecule has 0 saturated heterocycles. The van der Waals surface area contributed by atoms with E-state index in [1.54, 1.807) is 11.8 Å². The van der Waals surface area contributed by atoms with E-state index in [1.165, 1.54) is 0 Å². The zero-order valence-corrected chi connectivity index (χ0v) is 7.42. The molecule has 0 N–H and O–H groups in total. The van der Waals surface area contributed by atoms with Crippen LogP contribution in [0.3, 0.4) is 0 Å². The van der Waals surface area contributed by atoms with Crippen LogP contribution in [0.2, 0.25) is 0 Å². The minimum atomic E-state index is 0.432. The first-order valence-electron chi connectivity index (χ1n) is 2.80. The Bertz CT molecular complexity index is 223. The minimum absolute atomic E-state index is 0.432. The van der Waals surface area contributed by atoms with Crippen molar-refractivity contribution in [3.05, 3.63) is 10.6 Å². The smallest absolute Gasteiger partial charge is 0.197 e. The Balaban J connectivity index is 2.81. The van der Waals surface area contributed by atoms with Gasteiger partial charge in [0.15, 0.2) is 4.73 Å². The van der Waals surface area contributed by atoms with Gasteiger partial charge in [-0.3, -0.25) is 0 Å². The van der Waals surface area contributed by atoms with E-state index in [0.717, 1.165) is 5.82 Å². The predicted octanol–water partition coefficient (Wildman–Crippen LogP) is 0.953. The van der Waals surface area contributed by atoms with E-state index in [9.17, 15) is 0 Å². The van der Waals surface area contributed by atoms with Gasteiger partial charge in [0.25, 0.3) is 0 Å². The highest BCUT2D eigenvalue weighted by Gasteiger charge is 2.00. The van der Waals surface area contributed by atoms with Crippen LogP contribution in [0, 0.1) is 6.92 Å². The molecule has 0 bridgehead atoms. The van der Waals surface area contributed by atoms with Crippen molar-refractivity contribution < 1.29 is 4.74 Å². The quantitative estimate of drug-likeness (QED) is 0.723. The lowest BCUT2D eigenvalue weighted by atomic mass is 10.8. The maximum atomic E-state index is 4.85. The molecule has 1 aromatic heterocycles. The van der Waals surface area contributed by atoms with Crippen molar-refractivity contribution >= 4 is 15.9 Å². The molecule has 0 aliphatic heterocycles. The zero-order valence-electron chi connectivity index (χ0n) is 5.83. The van der Waals surface area contributed by atoms with Gasteiger partial charge in [0.1, 0.15) is 12.6 Å². The first-order chi connectivity index (χ1) is 4.74. The summed E-state index contributed by atoms with van der Waals surface area (Å²) >= 11 is 3.23. The highest BCUT2D eigenvalue weighted by Crippen LogP contribution is 2.05. The standard InChI is InChI=1S/C5H8BrN3O/c1-4-7-5(6)9(8-4)3-10-2/h3H2,1-2H3. The van der Waals surface area contributed by atoms with E-state index in [0.29, 0.717) is 11.5 Å². The SMILES string of the molecule is COCn1nc(C)nc1Br. The summed E-state index contributed by atoms with van der Waals surface area (Å²) in [4.78, 5) is 4.02. The van der Waals surface area contributed by atoms with Crippen LogP contribution in [0.25, 0.3) is 0 Å². The van der Waals surface area contributed by atoms with Gasteiger partial charge in [-0.2, -0.15) is 5.10 Å². The maximum absolute atomic E-state index is 4.85. The number of halogens is 1. The van der Waals surface area contributed by atoms with Crippen LogP contribution in [0.1, 0.15) is 5.82 Å². The van der Waals surface area contributed by atoms with Crippen LogP contribution < -0.4 is 0 Å². The number of aryl methyl sites for hydroxylation is 1. The molecule has 0 saturated carbocycles. The first-order valence-corrected chi connectivity index (χ1v) is 3.59. The Labute approximate surface area is 67.3 Å². The van der Waals surface area contributed by atoms with Crippen molar-refractivity contribution in [3.8, 4) is 0 Å². The molecule has 0 amide bonds. The molecule has 1 aromatic rings. The summed E-state index contributed by atoms with van der Waals surface area (Å²) in [6, 6.07) is 0.